The summed E-state index contributed by atoms with van der Waals surface area (Å²) >= 11 is 0. The molecule has 0 unspecified atom stereocenters. The summed E-state index contributed by atoms with van der Waals surface area (Å²) in [5, 5.41) is 5.17. The van der Waals surface area contributed by atoms with Gasteiger partial charge >= 0.3 is 12.2 Å². The van der Waals surface area contributed by atoms with Crippen molar-refractivity contribution in [3.05, 3.63) is 53.8 Å². The van der Waals surface area contributed by atoms with Gasteiger partial charge in [0.1, 0.15) is 11.5 Å². The van der Waals surface area contributed by atoms with Gasteiger partial charge in [-0.15, -0.1) is 0 Å². The second-order valence-corrected chi connectivity index (χ2v) is 9.86. The first-order valence-electron chi connectivity index (χ1n) is 12.9. The molecule has 0 radical (unpaired) electrons. The van der Waals surface area contributed by atoms with Crippen LogP contribution in [-0.4, -0.2) is 76.3 Å². The number of amides is 2. The van der Waals surface area contributed by atoms with Gasteiger partial charge in [0.25, 0.3) is 0 Å². The van der Waals surface area contributed by atoms with E-state index in [4.69, 9.17) is 5.10 Å². The molecule has 0 saturated carbocycles. The van der Waals surface area contributed by atoms with Crippen molar-refractivity contribution in [3.8, 4) is 11.3 Å². The molecule has 2 saturated heterocycles. The third-order valence-electron chi connectivity index (χ3n) is 7.41. The Morgan fingerprint density at radius 3 is 2.24 bits per heavy atom. The Balaban J connectivity index is 1.31. The third-order valence-corrected chi connectivity index (χ3v) is 7.41. The van der Waals surface area contributed by atoms with E-state index in [9.17, 15) is 22.4 Å². The number of carbonyl (C=O) groups excluding carboxylic acids is 1. The number of benzene rings is 2. The van der Waals surface area contributed by atoms with E-state index in [2.05, 4.69) is 11.8 Å². The maximum atomic E-state index is 13.5. The lowest BCUT2D eigenvalue weighted by Gasteiger charge is -2.33. The second kappa shape index (κ2) is 10.3. The number of likely N-dealkylation sites (tertiary alicyclic amines) is 1. The molecule has 0 N–H and O–H groups in total. The number of aromatic nitrogens is 2. The summed E-state index contributed by atoms with van der Waals surface area (Å²) in [5.74, 6) is -0.412. The number of rotatable bonds is 7. The minimum Gasteiger partial charge on any atom is -0.323 e. The summed E-state index contributed by atoms with van der Waals surface area (Å²) in [6.45, 7) is 7.55. The Morgan fingerprint density at radius 1 is 0.919 bits per heavy atom. The maximum Gasteiger partial charge on any atom is 0.416 e. The lowest BCUT2D eigenvalue weighted by Crippen LogP contribution is -2.41. The van der Waals surface area contributed by atoms with Crippen LogP contribution < -0.4 is 0 Å². The van der Waals surface area contributed by atoms with Crippen LogP contribution in [0.15, 0.2) is 42.5 Å². The van der Waals surface area contributed by atoms with E-state index in [-0.39, 0.29) is 12.1 Å². The molecule has 0 aliphatic carbocycles. The van der Waals surface area contributed by atoms with Crippen molar-refractivity contribution in [3.63, 3.8) is 0 Å². The molecular weight excluding hydrogens is 486 g/mol. The molecule has 0 atom stereocenters. The standard InChI is InChI=1S/C27H31F4N5O/c1-2-11-34-16-17-35(26(34)37)15-14-33-12-9-22(10-13-33)36-24-8-5-20(27(29,30)31)18-23(24)25(32-36)19-3-6-21(28)7-4-19/h3-8,18,22H,2,9-17H2,1H3. The monoisotopic (exact) mass is 517 g/mol. The van der Waals surface area contributed by atoms with Gasteiger partial charge in [0.2, 0.25) is 0 Å². The number of piperidine rings is 1. The smallest absolute Gasteiger partial charge is 0.323 e. The number of hydrogen-bond acceptors (Lipinski definition) is 3. The third kappa shape index (κ3) is 5.30. The van der Waals surface area contributed by atoms with E-state index in [0.29, 0.717) is 28.7 Å². The Labute approximate surface area is 213 Å². The zero-order chi connectivity index (χ0) is 26.2. The molecule has 3 aromatic rings. The summed E-state index contributed by atoms with van der Waals surface area (Å²) in [5.41, 5.74) is 0.915. The minimum absolute atomic E-state index is 0.0400. The Kier molecular flexibility index (Phi) is 7.11. The number of fused-ring (bicyclic) bond motifs is 1. The van der Waals surface area contributed by atoms with Gasteiger partial charge in [-0.1, -0.05) is 6.92 Å². The molecule has 37 heavy (non-hydrogen) atoms. The predicted octanol–water partition coefficient (Wildman–Crippen LogP) is 5.65. The van der Waals surface area contributed by atoms with Gasteiger partial charge in [0, 0.05) is 56.8 Å². The van der Waals surface area contributed by atoms with Gasteiger partial charge in [-0.2, -0.15) is 18.3 Å². The fraction of sp³-hybridized carbons (Fsp3) is 0.481. The van der Waals surface area contributed by atoms with Crippen molar-refractivity contribution in [1.29, 1.82) is 0 Å². The topological polar surface area (TPSA) is 44.6 Å². The van der Waals surface area contributed by atoms with E-state index >= 15 is 0 Å². The number of hydrogen-bond donors (Lipinski definition) is 0. The molecule has 2 fully saturated rings. The predicted molar refractivity (Wildman–Crippen MR) is 134 cm³/mol. The minimum atomic E-state index is -4.47. The van der Waals surface area contributed by atoms with Crippen LogP contribution in [0.25, 0.3) is 22.2 Å². The average molecular weight is 518 g/mol. The van der Waals surface area contributed by atoms with Gasteiger partial charge < -0.3 is 14.7 Å². The van der Waals surface area contributed by atoms with E-state index in [1.54, 1.807) is 12.1 Å². The van der Waals surface area contributed by atoms with Crippen LogP contribution in [0.3, 0.4) is 0 Å². The van der Waals surface area contributed by atoms with Crippen LogP contribution in [0.4, 0.5) is 22.4 Å². The zero-order valence-electron chi connectivity index (χ0n) is 20.8. The van der Waals surface area contributed by atoms with E-state index in [1.165, 1.54) is 18.2 Å². The van der Waals surface area contributed by atoms with E-state index in [0.717, 1.165) is 70.7 Å². The molecule has 3 heterocycles. The fourth-order valence-electron chi connectivity index (χ4n) is 5.38. The molecular formula is C27H31F4N5O. The van der Waals surface area contributed by atoms with E-state index < -0.39 is 17.6 Å². The van der Waals surface area contributed by atoms with Crippen LogP contribution in [-0.2, 0) is 6.18 Å². The SMILES string of the molecule is CCCN1CCN(CCN2CCC(n3nc(-c4ccc(F)cc4)c4cc(C(F)(F)F)ccc43)CC2)C1=O. The van der Waals surface area contributed by atoms with Crippen molar-refractivity contribution in [1.82, 2.24) is 24.5 Å². The first kappa shape index (κ1) is 25.5. The van der Waals surface area contributed by atoms with E-state index in [1.807, 2.05) is 14.5 Å². The van der Waals surface area contributed by atoms with Crippen LogP contribution >= 0.6 is 0 Å². The zero-order valence-corrected chi connectivity index (χ0v) is 20.8. The molecule has 6 nitrogen and oxygen atoms in total. The molecule has 2 aliphatic heterocycles. The molecule has 0 bridgehead atoms. The Bertz CT molecular complexity index is 1250. The first-order chi connectivity index (χ1) is 17.7. The number of alkyl halides is 3. The highest BCUT2D eigenvalue weighted by atomic mass is 19.4. The van der Waals surface area contributed by atoms with Crippen LogP contribution in [0.5, 0.6) is 0 Å². The van der Waals surface area contributed by atoms with Gasteiger partial charge in [0.05, 0.1) is 17.1 Å². The summed E-state index contributed by atoms with van der Waals surface area (Å²) in [7, 11) is 0. The molecule has 2 aliphatic rings. The summed E-state index contributed by atoms with van der Waals surface area (Å²) in [4.78, 5) is 18.6. The van der Waals surface area contributed by atoms with Gasteiger partial charge in [-0.25, -0.2) is 9.18 Å². The van der Waals surface area contributed by atoms with Crippen molar-refractivity contribution >= 4 is 16.9 Å². The fourth-order valence-corrected chi connectivity index (χ4v) is 5.38. The molecule has 1 aromatic heterocycles. The Morgan fingerprint density at radius 2 is 1.59 bits per heavy atom. The number of halogens is 4. The van der Waals surface area contributed by atoms with Crippen molar-refractivity contribution in [2.45, 2.75) is 38.4 Å². The molecule has 10 heteroatoms. The highest BCUT2D eigenvalue weighted by Gasteiger charge is 2.33. The molecule has 5 rings (SSSR count). The summed E-state index contributed by atoms with van der Waals surface area (Å²) < 4.78 is 55.7. The average Bonchev–Trinajstić information content (AvgIpc) is 3.43. The lowest BCUT2D eigenvalue weighted by atomic mass is 10.0. The van der Waals surface area contributed by atoms with Gasteiger partial charge in [-0.05, 0) is 61.7 Å². The van der Waals surface area contributed by atoms with Crippen LogP contribution in [0, 0.1) is 5.82 Å². The first-order valence-corrected chi connectivity index (χ1v) is 12.9. The maximum absolute atomic E-state index is 13.5. The van der Waals surface area contributed by atoms with Gasteiger partial charge in [0.15, 0.2) is 0 Å². The van der Waals surface area contributed by atoms with Gasteiger partial charge in [-0.3, -0.25) is 4.68 Å². The second-order valence-electron chi connectivity index (χ2n) is 9.86. The Hall–Kier alpha value is -3.14. The van der Waals surface area contributed by atoms with Crippen LogP contribution in [0.2, 0.25) is 0 Å². The molecule has 198 valence electrons. The quantitative estimate of drug-likeness (QED) is 0.381. The van der Waals surface area contributed by atoms with Crippen molar-refractivity contribution in [2.75, 3.05) is 45.8 Å². The summed E-state index contributed by atoms with van der Waals surface area (Å²) in [6, 6.07) is 9.56. The highest BCUT2D eigenvalue weighted by molar-refractivity contribution is 5.94. The number of carbonyl (C=O) groups is 1. The highest BCUT2D eigenvalue weighted by Crippen LogP contribution is 2.37. The number of nitrogens with zero attached hydrogens (tertiary/aromatic N) is 5. The lowest BCUT2D eigenvalue weighted by molar-refractivity contribution is -0.137. The van der Waals surface area contributed by atoms with Crippen molar-refractivity contribution in [2.24, 2.45) is 0 Å². The molecule has 2 amide bonds. The molecule has 2 aromatic carbocycles. The molecule has 0 spiro atoms. The van der Waals surface area contributed by atoms with Crippen LogP contribution in [0.1, 0.15) is 37.8 Å². The normalized spacial score (nSPS) is 17.9. The largest absolute Gasteiger partial charge is 0.416 e. The van der Waals surface area contributed by atoms with Crippen molar-refractivity contribution < 1.29 is 22.4 Å². The number of urea groups is 1. The summed E-state index contributed by atoms with van der Waals surface area (Å²) in [6.07, 6.45) is -1.91.